The molecule has 0 aromatic heterocycles. The smallest absolute Gasteiger partial charge is 0.256 e. The molecule has 1 aliphatic carbocycles. The first-order valence-corrected chi connectivity index (χ1v) is 6.33. The van der Waals surface area contributed by atoms with Crippen LogP contribution in [0.25, 0.3) is 10.8 Å². The normalized spacial score (nSPS) is 20.9. The highest BCUT2D eigenvalue weighted by atomic mass is 16.3. The van der Waals surface area contributed by atoms with Gasteiger partial charge in [0.15, 0.2) is 0 Å². The fourth-order valence-corrected chi connectivity index (χ4v) is 3.25. The molecule has 90 valence electrons. The molecule has 0 spiro atoms. The quantitative estimate of drug-likeness (QED) is 0.742. The van der Waals surface area contributed by atoms with Crippen molar-refractivity contribution in [3.63, 3.8) is 0 Å². The Balaban J connectivity index is 2.15. The standard InChI is InChI=1S/C15H13NO2/c17-13-6-2-3-8-9-4-1-5-10-14(9)12(7-11(8)13)16-15(10)18/h1,4-5,7,13,17H,2-3,6H2,(H,16,18). The zero-order chi connectivity index (χ0) is 12.3. The van der Waals surface area contributed by atoms with Crippen molar-refractivity contribution in [2.75, 3.05) is 5.32 Å². The Morgan fingerprint density at radius 3 is 3.11 bits per heavy atom. The molecule has 2 aromatic carbocycles. The highest BCUT2D eigenvalue weighted by Gasteiger charge is 2.27. The molecule has 3 nitrogen and oxygen atoms in total. The van der Waals surface area contributed by atoms with Gasteiger partial charge < -0.3 is 10.4 Å². The molecular weight excluding hydrogens is 226 g/mol. The van der Waals surface area contributed by atoms with E-state index in [4.69, 9.17) is 0 Å². The summed E-state index contributed by atoms with van der Waals surface area (Å²) >= 11 is 0. The Morgan fingerprint density at radius 2 is 2.22 bits per heavy atom. The molecule has 1 heterocycles. The van der Waals surface area contributed by atoms with Gasteiger partial charge in [-0.05, 0) is 47.9 Å². The highest BCUT2D eigenvalue weighted by Crippen LogP contribution is 2.42. The maximum absolute atomic E-state index is 11.9. The van der Waals surface area contributed by atoms with Crippen LogP contribution in [-0.2, 0) is 6.42 Å². The molecule has 1 amide bonds. The number of aliphatic hydroxyl groups excluding tert-OH is 1. The van der Waals surface area contributed by atoms with Crippen LogP contribution >= 0.6 is 0 Å². The number of hydrogen-bond acceptors (Lipinski definition) is 2. The third-order valence-corrected chi connectivity index (χ3v) is 4.06. The maximum atomic E-state index is 11.9. The van der Waals surface area contributed by atoms with Gasteiger partial charge in [-0.25, -0.2) is 0 Å². The van der Waals surface area contributed by atoms with Gasteiger partial charge in [-0.2, -0.15) is 0 Å². The van der Waals surface area contributed by atoms with E-state index in [9.17, 15) is 9.90 Å². The lowest BCUT2D eigenvalue weighted by atomic mass is 9.85. The fourth-order valence-electron chi connectivity index (χ4n) is 3.25. The van der Waals surface area contributed by atoms with Crippen LogP contribution < -0.4 is 5.32 Å². The van der Waals surface area contributed by atoms with Crippen LogP contribution in [0.5, 0.6) is 0 Å². The molecule has 2 aliphatic rings. The highest BCUT2D eigenvalue weighted by molar-refractivity contribution is 6.24. The molecule has 2 aromatic rings. The van der Waals surface area contributed by atoms with Crippen molar-refractivity contribution in [2.24, 2.45) is 0 Å². The van der Waals surface area contributed by atoms with Gasteiger partial charge in [-0.15, -0.1) is 0 Å². The topological polar surface area (TPSA) is 49.3 Å². The van der Waals surface area contributed by atoms with E-state index in [0.29, 0.717) is 0 Å². The number of aliphatic hydroxyl groups is 1. The SMILES string of the molecule is O=C1Nc2cc3c(c4cccc1c24)CCCC3O. The Labute approximate surface area is 104 Å². The lowest BCUT2D eigenvalue weighted by Crippen LogP contribution is -2.10. The van der Waals surface area contributed by atoms with E-state index in [1.807, 2.05) is 18.2 Å². The second-order valence-electron chi connectivity index (χ2n) is 5.08. The second-order valence-corrected chi connectivity index (χ2v) is 5.08. The first-order valence-electron chi connectivity index (χ1n) is 6.33. The van der Waals surface area contributed by atoms with E-state index in [0.717, 1.165) is 46.8 Å². The van der Waals surface area contributed by atoms with Gasteiger partial charge in [0.05, 0.1) is 11.8 Å². The van der Waals surface area contributed by atoms with Gasteiger partial charge in [0.1, 0.15) is 0 Å². The lowest BCUT2D eigenvalue weighted by molar-refractivity contribution is 0.103. The number of amides is 1. The minimum Gasteiger partial charge on any atom is -0.388 e. The van der Waals surface area contributed by atoms with Gasteiger partial charge in [-0.3, -0.25) is 4.79 Å². The van der Waals surface area contributed by atoms with Crippen LogP contribution in [0, 0.1) is 0 Å². The van der Waals surface area contributed by atoms with Gasteiger partial charge in [0.25, 0.3) is 5.91 Å². The second kappa shape index (κ2) is 3.33. The molecule has 3 heteroatoms. The van der Waals surface area contributed by atoms with Crippen LogP contribution in [0.4, 0.5) is 5.69 Å². The molecule has 1 unspecified atom stereocenters. The number of anilines is 1. The number of aryl methyl sites for hydroxylation is 1. The number of carbonyl (C=O) groups excluding carboxylic acids is 1. The number of nitrogens with one attached hydrogen (secondary N) is 1. The Morgan fingerprint density at radius 1 is 1.33 bits per heavy atom. The summed E-state index contributed by atoms with van der Waals surface area (Å²) in [6.45, 7) is 0. The van der Waals surface area contributed by atoms with Crippen molar-refractivity contribution in [2.45, 2.75) is 25.4 Å². The molecule has 0 radical (unpaired) electrons. The molecule has 0 saturated carbocycles. The summed E-state index contributed by atoms with van der Waals surface area (Å²) in [4.78, 5) is 11.9. The molecule has 18 heavy (non-hydrogen) atoms. The Hall–Kier alpha value is -1.87. The zero-order valence-electron chi connectivity index (χ0n) is 9.86. The molecule has 0 saturated heterocycles. The molecule has 0 fully saturated rings. The van der Waals surface area contributed by atoms with Crippen LogP contribution in [0.15, 0.2) is 24.3 Å². The number of benzene rings is 2. The summed E-state index contributed by atoms with van der Waals surface area (Å²) in [6.07, 6.45) is 2.41. The first-order chi connectivity index (χ1) is 8.75. The molecule has 2 N–H and O–H groups in total. The molecule has 0 bridgehead atoms. The minimum absolute atomic E-state index is 0.0348. The van der Waals surface area contributed by atoms with E-state index in [2.05, 4.69) is 11.4 Å². The number of fused-ring (bicyclic) bond motifs is 2. The third-order valence-electron chi connectivity index (χ3n) is 4.06. The van der Waals surface area contributed by atoms with E-state index in [-0.39, 0.29) is 5.91 Å². The van der Waals surface area contributed by atoms with Crippen molar-refractivity contribution in [1.29, 1.82) is 0 Å². The summed E-state index contributed by atoms with van der Waals surface area (Å²) < 4.78 is 0. The maximum Gasteiger partial charge on any atom is 0.256 e. The molecular formula is C15H13NO2. The summed E-state index contributed by atoms with van der Waals surface area (Å²) in [7, 11) is 0. The van der Waals surface area contributed by atoms with Gasteiger partial charge >= 0.3 is 0 Å². The van der Waals surface area contributed by atoms with Crippen LogP contribution in [0.2, 0.25) is 0 Å². The minimum atomic E-state index is -0.393. The van der Waals surface area contributed by atoms with Gasteiger partial charge in [-0.1, -0.05) is 12.1 Å². The van der Waals surface area contributed by atoms with E-state index >= 15 is 0 Å². The number of hydrogen-bond donors (Lipinski definition) is 2. The molecule has 4 rings (SSSR count). The third kappa shape index (κ3) is 1.14. The van der Waals surface area contributed by atoms with Crippen molar-refractivity contribution in [3.05, 3.63) is 41.0 Å². The van der Waals surface area contributed by atoms with Crippen LogP contribution in [0.1, 0.15) is 40.4 Å². The summed E-state index contributed by atoms with van der Waals surface area (Å²) in [5.74, 6) is -0.0348. The molecule has 1 atom stereocenters. The van der Waals surface area contributed by atoms with Crippen molar-refractivity contribution in [1.82, 2.24) is 0 Å². The predicted molar refractivity (Wildman–Crippen MR) is 69.8 cm³/mol. The average Bonchev–Trinajstić information content (AvgIpc) is 2.70. The van der Waals surface area contributed by atoms with Crippen LogP contribution in [0.3, 0.4) is 0 Å². The number of rotatable bonds is 0. The number of carbonyl (C=O) groups is 1. The van der Waals surface area contributed by atoms with Crippen molar-refractivity contribution < 1.29 is 9.90 Å². The first kappa shape index (κ1) is 10.1. The van der Waals surface area contributed by atoms with Crippen LogP contribution in [-0.4, -0.2) is 11.0 Å². The summed E-state index contributed by atoms with van der Waals surface area (Å²) in [6, 6.07) is 7.79. The summed E-state index contributed by atoms with van der Waals surface area (Å²) in [5, 5.41) is 15.1. The van der Waals surface area contributed by atoms with Crippen molar-refractivity contribution in [3.8, 4) is 0 Å². The largest absolute Gasteiger partial charge is 0.388 e. The lowest BCUT2D eigenvalue weighted by Gasteiger charge is -2.23. The average molecular weight is 239 g/mol. The zero-order valence-corrected chi connectivity index (χ0v) is 9.86. The predicted octanol–water partition coefficient (Wildman–Crippen LogP) is 2.78. The van der Waals surface area contributed by atoms with Gasteiger partial charge in [0, 0.05) is 10.9 Å². The van der Waals surface area contributed by atoms with E-state index < -0.39 is 6.10 Å². The Bertz CT molecular complexity index is 690. The van der Waals surface area contributed by atoms with Crippen molar-refractivity contribution >= 4 is 22.4 Å². The van der Waals surface area contributed by atoms with E-state index in [1.165, 1.54) is 5.56 Å². The monoisotopic (exact) mass is 239 g/mol. The summed E-state index contributed by atoms with van der Waals surface area (Å²) in [5.41, 5.74) is 3.81. The van der Waals surface area contributed by atoms with E-state index in [1.54, 1.807) is 0 Å². The van der Waals surface area contributed by atoms with Gasteiger partial charge in [0.2, 0.25) is 0 Å². The fraction of sp³-hybridized carbons (Fsp3) is 0.267. The Kier molecular flexibility index (Phi) is 1.87. The molecule has 1 aliphatic heterocycles.